The quantitative estimate of drug-likeness (QED) is 0.843. The first-order chi connectivity index (χ1) is 9.21. The Bertz CT molecular complexity index is 639. The highest BCUT2D eigenvalue weighted by molar-refractivity contribution is 7.15. The first-order valence-corrected chi connectivity index (χ1v) is 6.77. The van der Waals surface area contributed by atoms with E-state index >= 15 is 0 Å². The molecular formula is C14H12N2O2S. The third-order valence-electron chi connectivity index (χ3n) is 3.04. The number of nitriles is 1. The number of hydrogen-bond acceptors (Lipinski definition) is 5. The summed E-state index contributed by atoms with van der Waals surface area (Å²) in [6.45, 7) is 3.17. The van der Waals surface area contributed by atoms with Crippen LogP contribution in [0.25, 0.3) is 10.4 Å². The van der Waals surface area contributed by atoms with Gasteiger partial charge in [0.05, 0.1) is 23.7 Å². The Hall–Kier alpha value is -1.74. The third-order valence-corrected chi connectivity index (χ3v) is 4.36. The lowest BCUT2D eigenvalue weighted by Gasteiger charge is -2.20. The summed E-state index contributed by atoms with van der Waals surface area (Å²) in [5.74, 6) is -0.636. The third kappa shape index (κ3) is 2.26. The molecule has 0 amide bonds. The van der Waals surface area contributed by atoms with E-state index in [1.54, 1.807) is 23.7 Å². The first kappa shape index (κ1) is 12.3. The second-order valence-electron chi connectivity index (χ2n) is 4.38. The van der Waals surface area contributed by atoms with Gasteiger partial charge in [-0.15, -0.1) is 11.3 Å². The van der Waals surface area contributed by atoms with Crippen molar-refractivity contribution in [3.8, 4) is 16.5 Å². The van der Waals surface area contributed by atoms with E-state index in [9.17, 15) is 0 Å². The average molecular weight is 272 g/mol. The Morgan fingerprint density at radius 3 is 2.84 bits per heavy atom. The number of nitrogens with zero attached hydrogens (tertiary/aromatic N) is 2. The number of ether oxygens (including phenoxy) is 2. The summed E-state index contributed by atoms with van der Waals surface area (Å²) in [6.07, 6.45) is 3.32. The van der Waals surface area contributed by atoms with Crippen LogP contribution in [0.15, 0.2) is 30.6 Å². The molecule has 1 saturated heterocycles. The predicted octanol–water partition coefficient (Wildman–Crippen LogP) is 2.90. The second-order valence-corrected chi connectivity index (χ2v) is 5.46. The maximum atomic E-state index is 8.90. The molecule has 2 aromatic rings. The molecule has 0 atom stereocenters. The van der Waals surface area contributed by atoms with Gasteiger partial charge in [-0.05, 0) is 25.1 Å². The highest BCUT2D eigenvalue weighted by atomic mass is 32.1. The molecule has 0 bridgehead atoms. The minimum absolute atomic E-state index is 0.562. The van der Waals surface area contributed by atoms with Gasteiger partial charge in [0.15, 0.2) is 0 Å². The van der Waals surface area contributed by atoms with E-state index in [1.165, 1.54) is 0 Å². The maximum Gasteiger partial charge on any atom is 0.201 e. The highest BCUT2D eigenvalue weighted by Gasteiger charge is 2.34. The van der Waals surface area contributed by atoms with Gasteiger partial charge in [0.2, 0.25) is 5.79 Å². The highest BCUT2D eigenvalue weighted by Crippen LogP contribution is 2.38. The van der Waals surface area contributed by atoms with Crippen molar-refractivity contribution in [2.24, 2.45) is 0 Å². The molecule has 0 N–H and O–H groups in total. The van der Waals surface area contributed by atoms with Crippen LogP contribution in [0.4, 0.5) is 0 Å². The monoisotopic (exact) mass is 272 g/mol. The standard InChI is InChI=1S/C14H12N2O2S/c1-14(17-4-5-18-14)13-3-2-12(19-13)11-6-10(7-15)8-16-9-11/h2-3,6,8-9H,4-5H2,1H3. The Morgan fingerprint density at radius 1 is 1.32 bits per heavy atom. The Labute approximate surface area is 115 Å². The van der Waals surface area contributed by atoms with Crippen LogP contribution in [-0.4, -0.2) is 18.2 Å². The summed E-state index contributed by atoms with van der Waals surface area (Å²) in [4.78, 5) is 6.16. The summed E-state index contributed by atoms with van der Waals surface area (Å²) in [5.41, 5.74) is 1.50. The van der Waals surface area contributed by atoms with Crippen molar-refractivity contribution in [1.82, 2.24) is 4.98 Å². The maximum absolute atomic E-state index is 8.90. The van der Waals surface area contributed by atoms with Gasteiger partial charge in [0.25, 0.3) is 0 Å². The minimum atomic E-state index is -0.636. The molecule has 1 aliphatic rings. The minimum Gasteiger partial charge on any atom is -0.343 e. The fraction of sp³-hybridized carbons (Fsp3) is 0.286. The van der Waals surface area contributed by atoms with Crippen molar-refractivity contribution in [1.29, 1.82) is 5.26 Å². The van der Waals surface area contributed by atoms with Crippen LogP contribution in [0, 0.1) is 11.3 Å². The molecule has 1 fully saturated rings. The SMILES string of the molecule is CC1(c2ccc(-c3cncc(C#N)c3)s2)OCCO1. The van der Waals surface area contributed by atoms with E-state index in [2.05, 4.69) is 11.1 Å². The van der Waals surface area contributed by atoms with Gasteiger partial charge >= 0.3 is 0 Å². The molecule has 0 spiro atoms. The fourth-order valence-electron chi connectivity index (χ4n) is 2.03. The Morgan fingerprint density at radius 2 is 2.11 bits per heavy atom. The molecule has 1 aliphatic heterocycles. The lowest BCUT2D eigenvalue weighted by molar-refractivity contribution is -0.146. The van der Waals surface area contributed by atoms with E-state index < -0.39 is 5.79 Å². The van der Waals surface area contributed by atoms with Gasteiger partial charge < -0.3 is 9.47 Å². The van der Waals surface area contributed by atoms with E-state index in [0.717, 1.165) is 15.3 Å². The number of aromatic nitrogens is 1. The van der Waals surface area contributed by atoms with Crippen molar-refractivity contribution in [2.75, 3.05) is 13.2 Å². The van der Waals surface area contributed by atoms with Gasteiger partial charge in [-0.3, -0.25) is 4.98 Å². The predicted molar refractivity (Wildman–Crippen MR) is 71.5 cm³/mol. The van der Waals surface area contributed by atoms with Crippen LogP contribution in [-0.2, 0) is 15.3 Å². The number of rotatable bonds is 2. The zero-order valence-corrected chi connectivity index (χ0v) is 11.2. The van der Waals surface area contributed by atoms with Gasteiger partial charge in [-0.25, -0.2) is 0 Å². The normalized spacial score (nSPS) is 17.3. The fourth-order valence-corrected chi connectivity index (χ4v) is 3.07. The van der Waals surface area contributed by atoms with E-state index in [1.807, 2.05) is 25.1 Å². The topological polar surface area (TPSA) is 55.1 Å². The van der Waals surface area contributed by atoms with E-state index in [4.69, 9.17) is 14.7 Å². The van der Waals surface area contributed by atoms with Gasteiger partial charge in [0.1, 0.15) is 6.07 Å². The molecule has 3 heterocycles. The molecule has 96 valence electrons. The van der Waals surface area contributed by atoms with Crippen molar-refractivity contribution >= 4 is 11.3 Å². The summed E-state index contributed by atoms with van der Waals surface area (Å²) < 4.78 is 11.3. The molecule has 3 rings (SSSR count). The summed E-state index contributed by atoms with van der Waals surface area (Å²) >= 11 is 1.60. The molecule has 0 radical (unpaired) electrons. The van der Waals surface area contributed by atoms with Crippen LogP contribution < -0.4 is 0 Å². The van der Waals surface area contributed by atoms with Crippen LogP contribution in [0.1, 0.15) is 17.4 Å². The van der Waals surface area contributed by atoms with Gasteiger partial charge in [-0.1, -0.05) is 0 Å². The van der Waals surface area contributed by atoms with Crippen LogP contribution in [0.5, 0.6) is 0 Å². The number of hydrogen-bond donors (Lipinski definition) is 0. The molecule has 0 aromatic carbocycles. The summed E-state index contributed by atoms with van der Waals surface area (Å²) in [7, 11) is 0. The molecule has 0 saturated carbocycles. The van der Waals surface area contributed by atoms with Crippen molar-refractivity contribution < 1.29 is 9.47 Å². The van der Waals surface area contributed by atoms with Crippen molar-refractivity contribution in [3.05, 3.63) is 41.0 Å². The zero-order valence-electron chi connectivity index (χ0n) is 10.4. The molecule has 0 aliphatic carbocycles. The van der Waals surface area contributed by atoms with Gasteiger partial charge in [-0.2, -0.15) is 5.26 Å². The van der Waals surface area contributed by atoms with Crippen LogP contribution >= 0.6 is 11.3 Å². The molecule has 4 nitrogen and oxygen atoms in total. The average Bonchev–Trinajstić information content (AvgIpc) is 3.08. The lowest BCUT2D eigenvalue weighted by Crippen LogP contribution is -2.20. The molecule has 2 aromatic heterocycles. The van der Waals surface area contributed by atoms with Gasteiger partial charge in [0, 0.05) is 22.8 Å². The Kier molecular flexibility index (Phi) is 3.07. The summed E-state index contributed by atoms with van der Waals surface area (Å²) in [5, 5.41) is 8.90. The number of pyridine rings is 1. The smallest absolute Gasteiger partial charge is 0.201 e. The number of thiophene rings is 1. The van der Waals surface area contributed by atoms with Crippen molar-refractivity contribution in [2.45, 2.75) is 12.7 Å². The molecule has 0 unspecified atom stereocenters. The lowest BCUT2D eigenvalue weighted by atomic mass is 10.2. The largest absolute Gasteiger partial charge is 0.343 e. The van der Waals surface area contributed by atoms with Crippen molar-refractivity contribution in [3.63, 3.8) is 0 Å². The van der Waals surface area contributed by atoms with Crippen LogP contribution in [0.2, 0.25) is 0 Å². The van der Waals surface area contributed by atoms with E-state index in [-0.39, 0.29) is 0 Å². The molecule has 19 heavy (non-hydrogen) atoms. The summed E-state index contributed by atoms with van der Waals surface area (Å²) in [6, 6.07) is 7.95. The second kappa shape index (κ2) is 4.74. The zero-order chi connectivity index (χ0) is 13.3. The Balaban J connectivity index is 1.95. The van der Waals surface area contributed by atoms with Crippen LogP contribution in [0.3, 0.4) is 0 Å². The first-order valence-electron chi connectivity index (χ1n) is 5.95. The molecular weight excluding hydrogens is 260 g/mol. The van der Waals surface area contributed by atoms with E-state index in [0.29, 0.717) is 18.8 Å². The molecule has 5 heteroatoms.